The topological polar surface area (TPSA) is 32.3 Å². The van der Waals surface area contributed by atoms with Crippen LogP contribution in [0.15, 0.2) is 53.4 Å². The Morgan fingerprint density at radius 3 is 2.32 bits per heavy atom. The molecule has 1 unspecified atom stereocenters. The van der Waals surface area contributed by atoms with E-state index >= 15 is 0 Å². The number of thioether (sulfide) groups is 1. The molecule has 0 radical (unpaired) electrons. The molecule has 19 heavy (non-hydrogen) atoms. The maximum absolute atomic E-state index is 10.1. The Hall–Kier alpha value is -1.16. The fourth-order valence-electron chi connectivity index (χ4n) is 1.73. The molecule has 0 amide bonds. The number of aliphatic hydroxyl groups excluding tert-OH is 1. The minimum Gasteiger partial charge on any atom is -0.387 e. The summed E-state index contributed by atoms with van der Waals surface area (Å²) < 4.78 is 0. The molecule has 2 nitrogen and oxygen atoms in total. The van der Waals surface area contributed by atoms with Gasteiger partial charge in [0, 0.05) is 22.2 Å². The Bertz CT molecular complexity index is 513. The molecule has 4 heteroatoms. The van der Waals surface area contributed by atoms with Gasteiger partial charge in [0.05, 0.1) is 6.10 Å². The molecule has 0 fully saturated rings. The Morgan fingerprint density at radius 2 is 1.74 bits per heavy atom. The second-order valence-corrected chi connectivity index (χ2v) is 5.49. The summed E-state index contributed by atoms with van der Waals surface area (Å²) in [6, 6.07) is 15.4. The van der Waals surface area contributed by atoms with Crippen molar-refractivity contribution < 1.29 is 5.11 Å². The molecule has 0 bridgehead atoms. The average molecular weight is 294 g/mol. The summed E-state index contributed by atoms with van der Waals surface area (Å²) in [7, 11) is 0. The minimum atomic E-state index is -0.544. The van der Waals surface area contributed by atoms with Gasteiger partial charge in [0.2, 0.25) is 0 Å². The molecule has 0 aliphatic rings. The quantitative estimate of drug-likeness (QED) is 0.810. The summed E-state index contributed by atoms with van der Waals surface area (Å²) in [6.45, 7) is 0.472. The smallest absolute Gasteiger partial charge is 0.0962 e. The van der Waals surface area contributed by atoms with E-state index in [0.29, 0.717) is 11.6 Å². The Labute approximate surface area is 122 Å². The number of halogens is 1. The molecule has 2 aromatic carbocycles. The predicted octanol–water partition coefficient (Wildman–Crippen LogP) is 4.21. The SMILES string of the molecule is CSc1ccc(NCC(O)c2ccc(Cl)cc2)cc1. The lowest BCUT2D eigenvalue weighted by molar-refractivity contribution is 0.191. The molecular weight excluding hydrogens is 278 g/mol. The van der Waals surface area contributed by atoms with Crippen LogP contribution in [0.4, 0.5) is 5.69 Å². The van der Waals surface area contributed by atoms with Gasteiger partial charge in [0.25, 0.3) is 0 Å². The predicted molar refractivity (Wildman–Crippen MR) is 83.1 cm³/mol. The van der Waals surface area contributed by atoms with Gasteiger partial charge in [-0.25, -0.2) is 0 Å². The Morgan fingerprint density at radius 1 is 1.11 bits per heavy atom. The lowest BCUT2D eigenvalue weighted by Crippen LogP contribution is -2.11. The summed E-state index contributed by atoms with van der Waals surface area (Å²) in [5.41, 5.74) is 1.86. The van der Waals surface area contributed by atoms with Crippen molar-refractivity contribution in [3.8, 4) is 0 Å². The van der Waals surface area contributed by atoms with Gasteiger partial charge in [0.1, 0.15) is 0 Å². The standard InChI is InChI=1S/C15H16ClNOS/c1-19-14-8-6-13(7-9-14)17-10-15(18)11-2-4-12(16)5-3-11/h2-9,15,17-18H,10H2,1H3. The Kier molecular flexibility index (Phi) is 5.14. The zero-order valence-corrected chi connectivity index (χ0v) is 12.2. The fraction of sp³-hybridized carbons (Fsp3) is 0.200. The number of hydrogen-bond acceptors (Lipinski definition) is 3. The first kappa shape index (κ1) is 14.3. The van der Waals surface area contributed by atoms with Gasteiger partial charge in [-0.1, -0.05) is 23.7 Å². The van der Waals surface area contributed by atoms with Gasteiger partial charge in [0.15, 0.2) is 0 Å². The largest absolute Gasteiger partial charge is 0.387 e. The lowest BCUT2D eigenvalue weighted by Gasteiger charge is -2.13. The van der Waals surface area contributed by atoms with Crippen LogP contribution in [0.5, 0.6) is 0 Å². The second-order valence-electron chi connectivity index (χ2n) is 4.18. The molecule has 0 aromatic heterocycles. The van der Waals surface area contributed by atoms with Gasteiger partial charge in [-0.05, 0) is 48.2 Å². The van der Waals surface area contributed by atoms with Crippen LogP contribution in [0.3, 0.4) is 0 Å². The first-order valence-corrected chi connectivity index (χ1v) is 7.61. The lowest BCUT2D eigenvalue weighted by atomic mass is 10.1. The third-order valence-corrected chi connectivity index (χ3v) is 3.84. The van der Waals surface area contributed by atoms with Crippen LogP contribution in [0.2, 0.25) is 5.02 Å². The van der Waals surface area contributed by atoms with E-state index in [1.165, 1.54) is 4.90 Å². The number of aliphatic hydroxyl groups is 1. The van der Waals surface area contributed by atoms with E-state index < -0.39 is 6.10 Å². The van der Waals surface area contributed by atoms with Crippen LogP contribution in [-0.2, 0) is 0 Å². The summed E-state index contributed by atoms with van der Waals surface area (Å²) in [6.07, 6.45) is 1.50. The van der Waals surface area contributed by atoms with E-state index in [0.717, 1.165) is 11.3 Å². The molecule has 2 aromatic rings. The van der Waals surface area contributed by atoms with Gasteiger partial charge >= 0.3 is 0 Å². The highest BCUT2D eigenvalue weighted by Crippen LogP contribution is 2.20. The van der Waals surface area contributed by atoms with Crippen molar-refractivity contribution >= 4 is 29.1 Å². The normalized spacial score (nSPS) is 12.2. The highest BCUT2D eigenvalue weighted by Gasteiger charge is 2.06. The van der Waals surface area contributed by atoms with Gasteiger partial charge in [-0.3, -0.25) is 0 Å². The summed E-state index contributed by atoms with van der Waals surface area (Å²) in [5.74, 6) is 0. The van der Waals surface area contributed by atoms with E-state index in [1.807, 2.05) is 30.5 Å². The molecule has 2 rings (SSSR count). The van der Waals surface area contributed by atoms with E-state index in [9.17, 15) is 5.11 Å². The number of nitrogens with one attached hydrogen (secondary N) is 1. The molecule has 0 aliphatic carbocycles. The van der Waals surface area contributed by atoms with Gasteiger partial charge < -0.3 is 10.4 Å². The highest BCUT2D eigenvalue weighted by molar-refractivity contribution is 7.98. The zero-order chi connectivity index (χ0) is 13.7. The number of hydrogen-bond donors (Lipinski definition) is 2. The zero-order valence-electron chi connectivity index (χ0n) is 10.6. The van der Waals surface area contributed by atoms with Crippen molar-refractivity contribution in [1.82, 2.24) is 0 Å². The van der Waals surface area contributed by atoms with Crippen LogP contribution in [0, 0.1) is 0 Å². The third kappa shape index (κ3) is 4.16. The van der Waals surface area contributed by atoms with Crippen molar-refractivity contribution in [2.24, 2.45) is 0 Å². The van der Waals surface area contributed by atoms with Crippen molar-refractivity contribution in [3.63, 3.8) is 0 Å². The first-order valence-electron chi connectivity index (χ1n) is 6.00. The molecule has 0 heterocycles. The van der Waals surface area contributed by atoms with E-state index in [1.54, 1.807) is 23.9 Å². The average Bonchev–Trinajstić information content (AvgIpc) is 2.46. The molecule has 1 atom stereocenters. The van der Waals surface area contributed by atoms with Crippen LogP contribution in [0.1, 0.15) is 11.7 Å². The monoisotopic (exact) mass is 293 g/mol. The molecule has 0 saturated carbocycles. The van der Waals surface area contributed by atoms with Crippen LogP contribution in [0.25, 0.3) is 0 Å². The molecular formula is C15H16ClNOS. The maximum Gasteiger partial charge on any atom is 0.0962 e. The van der Waals surface area contributed by atoms with Crippen LogP contribution < -0.4 is 5.32 Å². The number of anilines is 1. The second kappa shape index (κ2) is 6.85. The molecule has 2 N–H and O–H groups in total. The highest BCUT2D eigenvalue weighted by atomic mass is 35.5. The van der Waals surface area contributed by atoms with Crippen molar-refractivity contribution in [2.75, 3.05) is 18.1 Å². The number of rotatable bonds is 5. The minimum absolute atomic E-state index is 0.472. The van der Waals surface area contributed by atoms with Gasteiger partial charge in [-0.2, -0.15) is 0 Å². The third-order valence-electron chi connectivity index (χ3n) is 2.84. The fourth-order valence-corrected chi connectivity index (χ4v) is 2.26. The van der Waals surface area contributed by atoms with Crippen molar-refractivity contribution in [2.45, 2.75) is 11.0 Å². The molecule has 0 spiro atoms. The van der Waals surface area contributed by atoms with Crippen molar-refractivity contribution in [1.29, 1.82) is 0 Å². The summed E-state index contributed by atoms with van der Waals surface area (Å²) >= 11 is 7.53. The van der Waals surface area contributed by atoms with E-state index in [4.69, 9.17) is 11.6 Å². The maximum atomic E-state index is 10.1. The van der Waals surface area contributed by atoms with E-state index in [2.05, 4.69) is 17.4 Å². The summed E-state index contributed by atoms with van der Waals surface area (Å²) in [5, 5.41) is 14.0. The van der Waals surface area contributed by atoms with Crippen LogP contribution >= 0.6 is 23.4 Å². The van der Waals surface area contributed by atoms with Crippen LogP contribution in [-0.4, -0.2) is 17.9 Å². The van der Waals surface area contributed by atoms with Crippen molar-refractivity contribution in [3.05, 3.63) is 59.1 Å². The molecule has 0 saturated heterocycles. The van der Waals surface area contributed by atoms with E-state index in [-0.39, 0.29) is 0 Å². The van der Waals surface area contributed by atoms with Gasteiger partial charge in [-0.15, -0.1) is 11.8 Å². The Balaban J connectivity index is 1.92. The summed E-state index contributed by atoms with van der Waals surface area (Å²) in [4.78, 5) is 1.23. The first-order chi connectivity index (χ1) is 9.19. The number of benzene rings is 2. The molecule has 0 aliphatic heterocycles. The molecule has 100 valence electrons.